The van der Waals surface area contributed by atoms with Crippen LogP contribution >= 0.6 is 23.7 Å². The molecule has 1 aromatic rings. The number of thiazole rings is 1. The van der Waals surface area contributed by atoms with Crippen molar-refractivity contribution in [3.8, 4) is 0 Å². The quantitative estimate of drug-likeness (QED) is 0.835. The molecular formula is C12H20ClN3S. The van der Waals surface area contributed by atoms with Gasteiger partial charge in [0.2, 0.25) is 0 Å². The Morgan fingerprint density at radius 1 is 1.53 bits per heavy atom. The van der Waals surface area contributed by atoms with E-state index in [0.717, 1.165) is 13.1 Å². The Balaban J connectivity index is 0.00000144. The van der Waals surface area contributed by atoms with Crippen LogP contribution in [0, 0.1) is 0 Å². The first-order valence-electron chi connectivity index (χ1n) is 5.82. The van der Waals surface area contributed by atoms with Crippen molar-refractivity contribution in [2.24, 2.45) is 0 Å². The molecule has 0 atom stereocenters. The molecule has 1 saturated heterocycles. The molecule has 0 aromatic carbocycles. The molecule has 2 heterocycles. The summed E-state index contributed by atoms with van der Waals surface area (Å²) in [6.07, 6.45) is 4.46. The highest BCUT2D eigenvalue weighted by Gasteiger charge is 2.17. The van der Waals surface area contributed by atoms with Gasteiger partial charge in [0.15, 0.2) is 0 Å². The minimum Gasteiger partial charge on any atom is -0.308 e. The van der Waals surface area contributed by atoms with Crippen LogP contribution in [0.2, 0.25) is 0 Å². The number of likely N-dealkylation sites (tertiary alicyclic amines) is 1. The first-order valence-corrected chi connectivity index (χ1v) is 6.76. The minimum absolute atomic E-state index is 0. The molecule has 3 nitrogen and oxygen atoms in total. The zero-order valence-electron chi connectivity index (χ0n) is 9.97. The predicted molar refractivity (Wildman–Crippen MR) is 75.9 cm³/mol. The van der Waals surface area contributed by atoms with Gasteiger partial charge in [-0.3, -0.25) is 4.90 Å². The summed E-state index contributed by atoms with van der Waals surface area (Å²) in [6, 6.07) is 0.655. The second-order valence-corrected chi connectivity index (χ2v) is 4.94. The predicted octanol–water partition coefficient (Wildman–Crippen LogP) is 2.30. The summed E-state index contributed by atoms with van der Waals surface area (Å²) < 4.78 is 0. The summed E-state index contributed by atoms with van der Waals surface area (Å²) in [5.74, 6) is 0. The number of rotatable bonds is 5. The Morgan fingerprint density at radius 2 is 2.29 bits per heavy atom. The topological polar surface area (TPSA) is 28.2 Å². The minimum atomic E-state index is 0. The molecular weight excluding hydrogens is 254 g/mol. The van der Waals surface area contributed by atoms with Gasteiger partial charge in [-0.25, -0.2) is 4.98 Å². The number of piperidine rings is 1. The summed E-state index contributed by atoms with van der Waals surface area (Å²) >= 11 is 1.66. The van der Waals surface area contributed by atoms with Crippen LogP contribution in [0.25, 0.3) is 0 Å². The van der Waals surface area contributed by atoms with Crippen LogP contribution in [-0.4, -0.2) is 35.6 Å². The molecule has 0 aliphatic carbocycles. The first-order chi connectivity index (χ1) is 7.88. The van der Waals surface area contributed by atoms with Crippen molar-refractivity contribution in [3.63, 3.8) is 0 Å². The molecule has 0 spiro atoms. The summed E-state index contributed by atoms with van der Waals surface area (Å²) in [7, 11) is 0. The van der Waals surface area contributed by atoms with Gasteiger partial charge in [-0.15, -0.1) is 30.3 Å². The molecule has 0 amide bonds. The molecule has 1 fully saturated rings. The molecule has 17 heavy (non-hydrogen) atoms. The molecule has 0 radical (unpaired) electrons. The van der Waals surface area contributed by atoms with Gasteiger partial charge >= 0.3 is 0 Å². The van der Waals surface area contributed by atoms with Gasteiger partial charge in [-0.2, -0.15) is 0 Å². The fraction of sp³-hybridized carbons (Fsp3) is 0.583. The lowest BCUT2D eigenvalue weighted by Crippen LogP contribution is -2.42. The average molecular weight is 274 g/mol. The van der Waals surface area contributed by atoms with E-state index in [9.17, 15) is 0 Å². The van der Waals surface area contributed by atoms with Crippen LogP contribution < -0.4 is 5.32 Å². The van der Waals surface area contributed by atoms with E-state index in [4.69, 9.17) is 0 Å². The van der Waals surface area contributed by atoms with E-state index in [1.807, 2.05) is 11.6 Å². The van der Waals surface area contributed by atoms with E-state index in [-0.39, 0.29) is 12.4 Å². The third-order valence-corrected chi connectivity index (χ3v) is 3.67. The standard InChI is InChI=1S/C12H19N3S.ClH/c1-2-5-15-6-3-11(4-7-15)13-8-12-9-16-10-14-12;/h2,9-11,13H,1,3-8H2;1H. The van der Waals surface area contributed by atoms with E-state index >= 15 is 0 Å². The van der Waals surface area contributed by atoms with Gasteiger partial charge in [0.05, 0.1) is 11.2 Å². The molecule has 2 rings (SSSR count). The Morgan fingerprint density at radius 3 is 2.88 bits per heavy atom. The van der Waals surface area contributed by atoms with Gasteiger partial charge < -0.3 is 5.32 Å². The maximum absolute atomic E-state index is 4.28. The van der Waals surface area contributed by atoms with E-state index < -0.39 is 0 Å². The highest BCUT2D eigenvalue weighted by atomic mass is 35.5. The van der Waals surface area contributed by atoms with Crippen molar-refractivity contribution >= 4 is 23.7 Å². The number of hydrogen-bond acceptors (Lipinski definition) is 4. The number of aromatic nitrogens is 1. The zero-order valence-corrected chi connectivity index (χ0v) is 11.6. The highest BCUT2D eigenvalue weighted by Crippen LogP contribution is 2.11. The van der Waals surface area contributed by atoms with Crippen molar-refractivity contribution in [3.05, 3.63) is 29.2 Å². The molecule has 5 heteroatoms. The molecule has 1 aliphatic rings. The molecule has 0 saturated carbocycles. The SMILES string of the molecule is C=CCN1CCC(NCc2cscn2)CC1.Cl. The van der Waals surface area contributed by atoms with E-state index in [1.165, 1.54) is 31.6 Å². The van der Waals surface area contributed by atoms with Crippen molar-refractivity contribution in [2.75, 3.05) is 19.6 Å². The van der Waals surface area contributed by atoms with Crippen molar-refractivity contribution < 1.29 is 0 Å². The lowest BCUT2D eigenvalue weighted by Gasteiger charge is -2.31. The molecule has 1 aliphatic heterocycles. The van der Waals surface area contributed by atoms with Crippen LogP contribution in [0.3, 0.4) is 0 Å². The Labute approximate surface area is 113 Å². The highest BCUT2D eigenvalue weighted by molar-refractivity contribution is 7.07. The number of nitrogens with zero attached hydrogens (tertiary/aromatic N) is 2. The maximum Gasteiger partial charge on any atom is 0.0795 e. The molecule has 1 N–H and O–H groups in total. The van der Waals surface area contributed by atoms with Crippen LogP contribution in [0.5, 0.6) is 0 Å². The number of nitrogens with one attached hydrogen (secondary N) is 1. The fourth-order valence-corrected chi connectivity index (χ4v) is 2.63. The fourth-order valence-electron chi connectivity index (χ4n) is 2.08. The third kappa shape index (κ3) is 4.76. The van der Waals surface area contributed by atoms with Crippen LogP contribution in [0.4, 0.5) is 0 Å². The normalized spacial score (nSPS) is 17.6. The number of hydrogen-bond donors (Lipinski definition) is 1. The lowest BCUT2D eigenvalue weighted by atomic mass is 10.1. The van der Waals surface area contributed by atoms with Gasteiger partial charge in [0.1, 0.15) is 0 Å². The summed E-state index contributed by atoms with van der Waals surface area (Å²) in [5.41, 5.74) is 3.06. The van der Waals surface area contributed by atoms with Crippen LogP contribution in [0.1, 0.15) is 18.5 Å². The third-order valence-electron chi connectivity index (χ3n) is 3.03. The largest absolute Gasteiger partial charge is 0.308 e. The second kappa shape index (κ2) is 7.82. The maximum atomic E-state index is 4.28. The van der Waals surface area contributed by atoms with Crippen molar-refractivity contribution in [1.82, 2.24) is 15.2 Å². The Bertz CT molecular complexity index is 308. The summed E-state index contributed by atoms with van der Waals surface area (Å²) in [6.45, 7) is 8.08. The second-order valence-electron chi connectivity index (χ2n) is 4.22. The summed E-state index contributed by atoms with van der Waals surface area (Å²) in [4.78, 5) is 6.73. The van der Waals surface area contributed by atoms with E-state index in [0.29, 0.717) is 6.04 Å². The van der Waals surface area contributed by atoms with Crippen LogP contribution in [-0.2, 0) is 6.54 Å². The Kier molecular flexibility index (Phi) is 6.73. The smallest absolute Gasteiger partial charge is 0.0795 e. The molecule has 0 bridgehead atoms. The van der Waals surface area contributed by atoms with Gasteiger partial charge in [-0.05, 0) is 25.9 Å². The number of halogens is 1. The average Bonchev–Trinajstić information content (AvgIpc) is 2.82. The van der Waals surface area contributed by atoms with Crippen molar-refractivity contribution in [2.45, 2.75) is 25.4 Å². The summed E-state index contributed by atoms with van der Waals surface area (Å²) in [5, 5.41) is 5.69. The molecule has 96 valence electrons. The van der Waals surface area contributed by atoms with Gasteiger partial charge in [0.25, 0.3) is 0 Å². The molecule has 0 unspecified atom stereocenters. The van der Waals surface area contributed by atoms with E-state index in [2.05, 4.69) is 27.2 Å². The van der Waals surface area contributed by atoms with E-state index in [1.54, 1.807) is 11.3 Å². The van der Waals surface area contributed by atoms with Crippen LogP contribution in [0.15, 0.2) is 23.5 Å². The Hall–Kier alpha value is -0.420. The first kappa shape index (κ1) is 14.6. The van der Waals surface area contributed by atoms with Gasteiger partial charge in [-0.1, -0.05) is 6.08 Å². The van der Waals surface area contributed by atoms with Gasteiger partial charge in [0, 0.05) is 24.5 Å². The zero-order chi connectivity index (χ0) is 11.2. The molecule has 1 aromatic heterocycles. The van der Waals surface area contributed by atoms with Crippen molar-refractivity contribution in [1.29, 1.82) is 0 Å². The lowest BCUT2D eigenvalue weighted by molar-refractivity contribution is 0.214. The monoisotopic (exact) mass is 273 g/mol.